The van der Waals surface area contributed by atoms with Gasteiger partial charge in [0.05, 0.1) is 24.8 Å². The zero-order valence-electron chi connectivity index (χ0n) is 24.5. The van der Waals surface area contributed by atoms with Crippen LogP contribution in [0.5, 0.6) is 11.5 Å². The van der Waals surface area contributed by atoms with E-state index in [4.69, 9.17) is 21.1 Å². The summed E-state index contributed by atoms with van der Waals surface area (Å²) in [4.78, 5) is 28.6. The smallest absolute Gasteiger partial charge is 0.301 e. The lowest BCUT2D eigenvalue weighted by atomic mass is 9.95. The minimum atomic E-state index is -0.954. The predicted molar refractivity (Wildman–Crippen MR) is 175 cm³/mol. The molecule has 1 aromatic heterocycles. The minimum Gasteiger partial charge on any atom is -0.507 e. The van der Waals surface area contributed by atoms with Gasteiger partial charge < -0.3 is 14.6 Å². The first kappa shape index (κ1) is 31.6. The number of aliphatic hydroxyl groups is 1. The summed E-state index contributed by atoms with van der Waals surface area (Å²) in [6.45, 7) is 7.14. The van der Waals surface area contributed by atoms with E-state index in [9.17, 15) is 14.7 Å². The standard InChI is InChI=1S/C33H32ClN3O5S2/c1-4-41-24-14-12-21(13-15-24)29(38)27-28(22-9-7-10-25(18-22)42-17-16-20(2)3)37(31(40)30(27)39)32-35-36-33(44-32)43-19-23-8-5-6-11-26(23)34/h5-15,18,20,28,38H,4,16-17,19H2,1-3H3/b29-27+. The summed E-state index contributed by atoms with van der Waals surface area (Å²) in [6, 6.07) is 20.6. The maximum absolute atomic E-state index is 13.6. The fraction of sp³-hybridized carbons (Fsp3) is 0.273. The van der Waals surface area contributed by atoms with Crippen LogP contribution in [0.3, 0.4) is 0 Å². The molecule has 0 aliphatic carbocycles. The predicted octanol–water partition coefficient (Wildman–Crippen LogP) is 7.93. The van der Waals surface area contributed by atoms with Gasteiger partial charge in [-0.3, -0.25) is 14.5 Å². The number of carbonyl (C=O) groups excluding carboxylic acids is 2. The van der Waals surface area contributed by atoms with Gasteiger partial charge in [-0.1, -0.05) is 78.9 Å². The number of thioether (sulfide) groups is 1. The number of ketones is 1. The lowest BCUT2D eigenvalue weighted by molar-refractivity contribution is -0.132. The van der Waals surface area contributed by atoms with Crippen molar-refractivity contribution in [3.63, 3.8) is 0 Å². The number of nitrogens with zero attached hydrogens (tertiary/aromatic N) is 3. The number of hydrogen-bond donors (Lipinski definition) is 1. The first-order chi connectivity index (χ1) is 21.3. The molecule has 2 heterocycles. The molecule has 228 valence electrons. The third-order valence-electron chi connectivity index (χ3n) is 6.93. The maximum atomic E-state index is 13.6. The molecule has 4 aromatic rings. The molecule has 0 radical (unpaired) electrons. The Bertz CT molecular complexity index is 1670. The number of benzene rings is 3. The van der Waals surface area contributed by atoms with Crippen molar-refractivity contribution < 1.29 is 24.2 Å². The Morgan fingerprint density at radius 3 is 2.52 bits per heavy atom. The zero-order chi connectivity index (χ0) is 31.2. The normalized spacial score (nSPS) is 16.1. The molecule has 1 saturated heterocycles. The average Bonchev–Trinajstić information content (AvgIpc) is 3.58. The SMILES string of the molecule is CCOc1ccc(/C(O)=C2\C(=O)C(=O)N(c3nnc(SCc4ccccc4Cl)s3)C2c2cccc(OCCC(C)C)c2)cc1. The van der Waals surface area contributed by atoms with Gasteiger partial charge in [0.1, 0.15) is 17.3 Å². The van der Waals surface area contributed by atoms with Crippen LogP contribution in [0.1, 0.15) is 49.9 Å². The number of rotatable bonds is 12. The number of carbonyl (C=O) groups is 2. The van der Waals surface area contributed by atoms with Crippen LogP contribution in [-0.4, -0.2) is 40.2 Å². The van der Waals surface area contributed by atoms with Crippen LogP contribution in [-0.2, 0) is 15.3 Å². The number of amides is 1. The van der Waals surface area contributed by atoms with E-state index in [1.807, 2.05) is 43.3 Å². The Morgan fingerprint density at radius 2 is 1.80 bits per heavy atom. The molecule has 5 rings (SSSR count). The summed E-state index contributed by atoms with van der Waals surface area (Å²) in [6.07, 6.45) is 0.875. The highest BCUT2D eigenvalue weighted by Crippen LogP contribution is 2.45. The molecule has 11 heteroatoms. The zero-order valence-corrected chi connectivity index (χ0v) is 26.9. The summed E-state index contributed by atoms with van der Waals surface area (Å²) >= 11 is 8.95. The second-order valence-corrected chi connectivity index (χ2v) is 13.0. The Balaban J connectivity index is 1.53. The molecule has 1 unspecified atom stereocenters. The minimum absolute atomic E-state index is 0.0426. The van der Waals surface area contributed by atoms with Crippen LogP contribution in [0.15, 0.2) is 82.7 Å². The van der Waals surface area contributed by atoms with E-state index in [0.717, 1.165) is 12.0 Å². The number of aliphatic hydroxyl groups excluding tert-OH is 1. The molecule has 1 N–H and O–H groups in total. The van der Waals surface area contributed by atoms with Gasteiger partial charge in [0, 0.05) is 16.3 Å². The molecular formula is C33H32ClN3O5S2. The van der Waals surface area contributed by atoms with E-state index in [2.05, 4.69) is 24.0 Å². The van der Waals surface area contributed by atoms with E-state index >= 15 is 0 Å². The number of aromatic nitrogens is 2. The third kappa shape index (κ3) is 7.09. The van der Waals surface area contributed by atoms with Crippen molar-refractivity contribution in [1.82, 2.24) is 10.2 Å². The van der Waals surface area contributed by atoms with Gasteiger partial charge in [0.15, 0.2) is 4.34 Å². The molecule has 3 aromatic carbocycles. The molecule has 1 aliphatic rings. The van der Waals surface area contributed by atoms with E-state index in [0.29, 0.717) is 56.9 Å². The molecule has 1 aliphatic heterocycles. The van der Waals surface area contributed by atoms with Crippen LogP contribution >= 0.6 is 34.7 Å². The lowest BCUT2D eigenvalue weighted by Gasteiger charge is -2.23. The molecular weight excluding hydrogens is 618 g/mol. The van der Waals surface area contributed by atoms with Gasteiger partial charge in [-0.25, -0.2) is 0 Å². The van der Waals surface area contributed by atoms with Crippen LogP contribution in [0.4, 0.5) is 5.13 Å². The second kappa shape index (κ2) is 14.3. The van der Waals surface area contributed by atoms with Crippen LogP contribution in [0, 0.1) is 5.92 Å². The molecule has 0 spiro atoms. The molecule has 8 nitrogen and oxygen atoms in total. The highest BCUT2D eigenvalue weighted by molar-refractivity contribution is 8.00. The van der Waals surface area contributed by atoms with Gasteiger partial charge in [0.2, 0.25) is 5.13 Å². The van der Waals surface area contributed by atoms with Crippen molar-refractivity contribution >= 4 is 57.3 Å². The quantitative estimate of drug-likeness (QED) is 0.0543. The molecule has 1 atom stereocenters. The van der Waals surface area contributed by atoms with Crippen LogP contribution < -0.4 is 14.4 Å². The molecule has 0 saturated carbocycles. The average molecular weight is 650 g/mol. The van der Waals surface area contributed by atoms with Crippen molar-refractivity contribution in [1.29, 1.82) is 0 Å². The monoisotopic (exact) mass is 649 g/mol. The van der Waals surface area contributed by atoms with Crippen molar-refractivity contribution in [2.24, 2.45) is 5.92 Å². The van der Waals surface area contributed by atoms with Gasteiger partial charge in [-0.2, -0.15) is 0 Å². The number of ether oxygens (including phenoxy) is 2. The topological polar surface area (TPSA) is 102 Å². The third-order valence-corrected chi connectivity index (χ3v) is 9.41. The molecule has 0 bridgehead atoms. The highest BCUT2D eigenvalue weighted by atomic mass is 35.5. The fourth-order valence-corrected chi connectivity index (χ4v) is 6.83. The summed E-state index contributed by atoms with van der Waals surface area (Å²) in [5, 5.41) is 21.0. The summed E-state index contributed by atoms with van der Waals surface area (Å²) in [7, 11) is 0. The second-order valence-electron chi connectivity index (χ2n) is 10.5. The highest BCUT2D eigenvalue weighted by Gasteiger charge is 2.48. The van der Waals surface area contributed by atoms with Crippen molar-refractivity contribution in [2.75, 3.05) is 18.1 Å². The Kier molecular flexibility index (Phi) is 10.2. The van der Waals surface area contributed by atoms with E-state index < -0.39 is 17.7 Å². The van der Waals surface area contributed by atoms with Gasteiger partial charge in [-0.05, 0) is 72.9 Å². The number of anilines is 1. The first-order valence-electron chi connectivity index (χ1n) is 14.2. The van der Waals surface area contributed by atoms with Gasteiger partial charge >= 0.3 is 5.91 Å². The van der Waals surface area contributed by atoms with E-state index in [1.165, 1.54) is 28.0 Å². The Hall–Kier alpha value is -3.86. The van der Waals surface area contributed by atoms with E-state index in [1.54, 1.807) is 36.4 Å². The van der Waals surface area contributed by atoms with Gasteiger partial charge in [0.25, 0.3) is 5.78 Å². The number of Topliss-reactive ketones (excluding diaryl/α,β-unsaturated/α-hetero) is 1. The molecule has 1 fully saturated rings. The van der Waals surface area contributed by atoms with Crippen molar-refractivity contribution in [2.45, 2.75) is 43.3 Å². The van der Waals surface area contributed by atoms with E-state index in [-0.39, 0.29) is 16.5 Å². The summed E-state index contributed by atoms with van der Waals surface area (Å²) < 4.78 is 12.1. The Morgan fingerprint density at radius 1 is 1.02 bits per heavy atom. The largest absolute Gasteiger partial charge is 0.507 e. The summed E-state index contributed by atoms with van der Waals surface area (Å²) in [5.74, 6) is 0.361. The molecule has 44 heavy (non-hydrogen) atoms. The van der Waals surface area contributed by atoms with Crippen molar-refractivity contribution in [3.05, 3.63) is 100 Å². The van der Waals surface area contributed by atoms with Crippen molar-refractivity contribution in [3.8, 4) is 11.5 Å². The molecule has 1 amide bonds. The van der Waals surface area contributed by atoms with Gasteiger partial charge in [-0.15, -0.1) is 10.2 Å². The Labute approximate surface area is 269 Å². The maximum Gasteiger partial charge on any atom is 0.301 e. The number of hydrogen-bond acceptors (Lipinski definition) is 9. The lowest BCUT2D eigenvalue weighted by Crippen LogP contribution is -2.29. The fourth-order valence-electron chi connectivity index (χ4n) is 4.68. The number of halogens is 1. The van der Waals surface area contributed by atoms with Crippen LogP contribution in [0.2, 0.25) is 5.02 Å². The van der Waals surface area contributed by atoms with Crippen LogP contribution in [0.25, 0.3) is 5.76 Å². The summed E-state index contributed by atoms with van der Waals surface area (Å²) in [5.41, 5.74) is 1.88. The first-order valence-corrected chi connectivity index (χ1v) is 16.4.